The molecule has 0 bridgehead atoms. The highest BCUT2D eigenvalue weighted by Gasteiger charge is 2.40. The molecular formula is C22H23ClSi. The van der Waals surface area contributed by atoms with Crippen molar-refractivity contribution < 1.29 is 0 Å². The van der Waals surface area contributed by atoms with Crippen molar-refractivity contribution in [1.29, 1.82) is 0 Å². The minimum Gasteiger partial charge on any atom is -0.149 e. The molecule has 0 aliphatic carbocycles. The maximum atomic E-state index is 7.61. The lowest BCUT2D eigenvalue weighted by molar-refractivity contribution is 1.41. The van der Waals surface area contributed by atoms with Crippen LogP contribution in [0, 0.1) is 27.7 Å². The Morgan fingerprint density at radius 1 is 0.625 bits per heavy atom. The van der Waals surface area contributed by atoms with Gasteiger partial charge < -0.3 is 0 Å². The molecular weight excluding hydrogens is 328 g/mol. The van der Waals surface area contributed by atoms with E-state index >= 15 is 0 Å². The van der Waals surface area contributed by atoms with Crippen LogP contribution in [0.2, 0.25) is 0 Å². The van der Waals surface area contributed by atoms with E-state index < -0.39 is 7.38 Å². The van der Waals surface area contributed by atoms with Crippen LogP contribution in [0.5, 0.6) is 0 Å². The number of hydrogen-bond donors (Lipinski definition) is 0. The zero-order valence-electron chi connectivity index (χ0n) is 14.7. The van der Waals surface area contributed by atoms with Gasteiger partial charge >= 0.3 is 0 Å². The van der Waals surface area contributed by atoms with Gasteiger partial charge in [0.25, 0.3) is 0 Å². The van der Waals surface area contributed by atoms with Gasteiger partial charge in [0.05, 0.1) is 0 Å². The third kappa shape index (κ3) is 2.94. The largest absolute Gasteiger partial charge is 0.248 e. The number of hydrogen-bond acceptors (Lipinski definition) is 0. The van der Waals surface area contributed by atoms with E-state index in [9.17, 15) is 0 Å². The second kappa shape index (κ2) is 6.58. The maximum Gasteiger partial charge on any atom is 0.248 e. The molecule has 2 heteroatoms. The second-order valence-electron chi connectivity index (χ2n) is 6.66. The van der Waals surface area contributed by atoms with Crippen LogP contribution in [0.3, 0.4) is 0 Å². The van der Waals surface area contributed by atoms with Crippen molar-refractivity contribution in [3.05, 3.63) is 89.0 Å². The van der Waals surface area contributed by atoms with E-state index in [0.717, 1.165) is 0 Å². The van der Waals surface area contributed by atoms with Crippen LogP contribution in [-0.4, -0.2) is 7.38 Å². The lowest BCUT2D eigenvalue weighted by atomic mass is 10.2. The molecule has 3 aromatic rings. The van der Waals surface area contributed by atoms with Crippen LogP contribution in [0.15, 0.2) is 66.7 Å². The maximum absolute atomic E-state index is 7.61. The smallest absolute Gasteiger partial charge is 0.149 e. The molecule has 0 fully saturated rings. The van der Waals surface area contributed by atoms with Crippen LogP contribution in [0.25, 0.3) is 0 Å². The summed E-state index contributed by atoms with van der Waals surface area (Å²) in [4.78, 5) is 0. The third-order valence-corrected chi connectivity index (χ3v) is 10.3. The number of rotatable bonds is 3. The zero-order valence-corrected chi connectivity index (χ0v) is 16.5. The summed E-state index contributed by atoms with van der Waals surface area (Å²) in [5, 5.41) is 3.84. The molecule has 3 aromatic carbocycles. The van der Waals surface area contributed by atoms with Crippen molar-refractivity contribution in [3.8, 4) is 0 Å². The predicted octanol–water partition coefficient (Wildman–Crippen LogP) is 4.13. The molecule has 0 saturated heterocycles. The quantitative estimate of drug-likeness (QED) is 0.378. The number of aryl methyl sites for hydroxylation is 4. The van der Waals surface area contributed by atoms with Crippen molar-refractivity contribution >= 4 is 34.0 Å². The Kier molecular flexibility index (Phi) is 4.66. The Morgan fingerprint density at radius 2 is 1.08 bits per heavy atom. The first-order chi connectivity index (χ1) is 11.4. The van der Waals surface area contributed by atoms with Gasteiger partial charge in [0.1, 0.15) is 0 Å². The molecule has 0 aliphatic heterocycles. The van der Waals surface area contributed by atoms with Gasteiger partial charge in [0.2, 0.25) is 7.38 Å². The first kappa shape index (κ1) is 17.0. The third-order valence-electron chi connectivity index (χ3n) is 4.70. The summed E-state index contributed by atoms with van der Waals surface area (Å²) >= 11 is 7.61. The zero-order chi connectivity index (χ0) is 17.3. The van der Waals surface area contributed by atoms with Gasteiger partial charge in [-0.1, -0.05) is 77.9 Å². The highest BCUT2D eigenvalue weighted by Crippen LogP contribution is 2.17. The molecule has 0 unspecified atom stereocenters. The fraction of sp³-hybridized carbons (Fsp3) is 0.182. The summed E-state index contributed by atoms with van der Waals surface area (Å²) in [6.45, 7) is 8.63. The molecule has 0 radical (unpaired) electrons. The van der Waals surface area contributed by atoms with Gasteiger partial charge in [-0.3, -0.25) is 0 Å². The van der Waals surface area contributed by atoms with E-state index in [-0.39, 0.29) is 0 Å². The summed E-state index contributed by atoms with van der Waals surface area (Å²) in [6.07, 6.45) is 0. The van der Waals surface area contributed by atoms with Crippen LogP contribution >= 0.6 is 11.1 Å². The van der Waals surface area contributed by atoms with Crippen LogP contribution in [0.4, 0.5) is 0 Å². The van der Waals surface area contributed by atoms with Crippen molar-refractivity contribution in [1.82, 2.24) is 0 Å². The van der Waals surface area contributed by atoms with Gasteiger partial charge in [0, 0.05) is 0 Å². The average molecular weight is 351 g/mol. The Bertz CT molecular complexity index is 817. The van der Waals surface area contributed by atoms with Gasteiger partial charge in [-0.25, -0.2) is 0 Å². The normalized spacial score (nSPS) is 11.5. The first-order valence-corrected chi connectivity index (χ1v) is 11.3. The van der Waals surface area contributed by atoms with Crippen LogP contribution < -0.4 is 15.6 Å². The van der Waals surface area contributed by atoms with Gasteiger partial charge in [0.15, 0.2) is 0 Å². The first-order valence-electron chi connectivity index (χ1n) is 8.33. The van der Waals surface area contributed by atoms with E-state index in [1.165, 1.54) is 37.8 Å². The van der Waals surface area contributed by atoms with Crippen molar-refractivity contribution in [2.24, 2.45) is 0 Å². The van der Waals surface area contributed by atoms with Crippen molar-refractivity contribution in [2.45, 2.75) is 27.7 Å². The highest BCUT2D eigenvalue weighted by atomic mass is 35.6. The lowest BCUT2D eigenvalue weighted by Crippen LogP contribution is -2.64. The van der Waals surface area contributed by atoms with E-state index in [1.54, 1.807) is 0 Å². The SMILES string of the molecule is Cc1ccc(C)c([Si](Cl)(c2ccccc2)c2cc(C)ccc2C)c1. The molecule has 0 saturated carbocycles. The van der Waals surface area contributed by atoms with E-state index in [0.29, 0.717) is 0 Å². The summed E-state index contributed by atoms with van der Waals surface area (Å²) in [6, 6.07) is 23.9. The Morgan fingerprint density at radius 3 is 1.54 bits per heavy atom. The van der Waals surface area contributed by atoms with E-state index in [2.05, 4.69) is 94.4 Å². The summed E-state index contributed by atoms with van der Waals surface area (Å²) in [5.74, 6) is 0. The molecule has 3 rings (SSSR count). The minimum atomic E-state index is -2.56. The molecule has 122 valence electrons. The molecule has 0 heterocycles. The second-order valence-corrected chi connectivity index (χ2v) is 11.3. The van der Waals surface area contributed by atoms with Crippen molar-refractivity contribution in [3.63, 3.8) is 0 Å². The topological polar surface area (TPSA) is 0 Å². The molecule has 0 atom stereocenters. The summed E-state index contributed by atoms with van der Waals surface area (Å²) in [7, 11) is -2.56. The molecule has 0 aromatic heterocycles. The standard InChI is InChI=1S/C22H23ClSi/c1-16-10-12-18(3)21(14-16)24(23,20-8-6-5-7-9-20)22-15-17(2)11-13-19(22)4/h5-15H,1-4H3. The van der Waals surface area contributed by atoms with E-state index in [4.69, 9.17) is 11.1 Å². The lowest BCUT2D eigenvalue weighted by Gasteiger charge is -2.30. The molecule has 0 N–H and O–H groups in total. The molecule has 0 aliphatic rings. The van der Waals surface area contributed by atoms with Crippen molar-refractivity contribution in [2.75, 3.05) is 0 Å². The Balaban J connectivity index is 2.38. The average Bonchev–Trinajstić information content (AvgIpc) is 2.59. The van der Waals surface area contributed by atoms with E-state index in [1.807, 2.05) is 0 Å². The number of halogens is 1. The monoisotopic (exact) mass is 350 g/mol. The fourth-order valence-electron chi connectivity index (χ4n) is 3.34. The highest BCUT2D eigenvalue weighted by molar-refractivity contribution is 7.40. The van der Waals surface area contributed by atoms with Gasteiger partial charge in [-0.15, -0.1) is 11.1 Å². The molecule has 0 nitrogen and oxygen atoms in total. The van der Waals surface area contributed by atoms with Gasteiger partial charge in [-0.2, -0.15) is 0 Å². The summed E-state index contributed by atoms with van der Waals surface area (Å²) in [5.41, 5.74) is 5.06. The molecule has 0 spiro atoms. The van der Waals surface area contributed by atoms with Gasteiger partial charge in [-0.05, 0) is 54.4 Å². The minimum absolute atomic E-state index is 1.24. The predicted molar refractivity (Wildman–Crippen MR) is 109 cm³/mol. The molecule has 24 heavy (non-hydrogen) atoms. The number of benzene rings is 3. The fourth-order valence-corrected chi connectivity index (χ4v) is 8.61. The Hall–Kier alpha value is -1.83. The van der Waals surface area contributed by atoms with Crippen LogP contribution in [-0.2, 0) is 0 Å². The summed E-state index contributed by atoms with van der Waals surface area (Å²) < 4.78 is 0. The van der Waals surface area contributed by atoms with Crippen LogP contribution in [0.1, 0.15) is 22.3 Å². The Labute approximate surface area is 150 Å². The molecule has 0 amide bonds.